The van der Waals surface area contributed by atoms with Gasteiger partial charge in [0.05, 0.1) is 17.3 Å². The van der Waals surface area contributed by atoms with Gasteiger partial charge in [-0.3, -0.25) is 4.79 Å². The number of para-hydroxylation sites is 1. The number of aryl methyl sites for hydroxylation is 2. The minimum atomic E-state index is -0.0662. The molecule has 1 saturated carbocycles. The molecule has 0 radical (unpaired) electrons. The standard InChI is InChI=1S/C23H25N7O/c1-15-13-16(2)29(27-15)21-11-12-22(31)30(28-21)18-9-7-17(8-10-18)26-23-19-5-3-4-6-20(19)24-14-25-23/h3-6,11-14,17-18H,7-10H2,1-2H3,(H,24,25,26). The molecular formula is C23H25N7O. The van der Waals surface area contributed by atoms with Gasteiger partial charge >= 0.3 is 0 Å². The van der Waals surface area contributed by atoms with Crippen molar-refractivity contribution in [3.05, 3.63) is 70.5 Å². The molecule has 0 aliphatic heterocycles. The molecule has 1 fully saturated rings. The molecule has 31 heavy (non-hydrogen) atoms. The predicted octanol–water partition coefficient (Wildman–Crippen LogP) is 3.58. The van der Waals surface area contributed by atoms with Crippen molar-refractivity contribution in [2.24, 2.45) is 0 Å². The fraction of sp³-hybridized carbons (Fsp3) is 0.348. The van der Waals surface area contributed by atoms with Crippen molar-refractivity contribution in [1.82, 2.24) is 29.5 Å². The molecule has 1 aliphatic rings. The third-order valence-corrected chi connectivity index (χ3v) is 5.96. The molecule has 4 aromatic rings. The van der Waals surface area contributed by atoms with E-state index in [1.165, 1.54) is 0 Å². The summed E-state index contributed by atoms with van der Waals surface area (Å²) in [5, 5.41) is 13.8. The molecule has 0 bridgehead atoms. The summed E-state index contributed by atoms with van der Waals surface area (Å²) in [5.41, 5.74) is 2.80. The summed E-state index contributed by atoms with van der Waals surface area (Å²) < 4.78 is 3.43. The summed E-state index contributed by atoms with van der Waals surface area (Å²) in [5.74, 6) is 1.55. The SMILES string of the molecule is Cc1cc(C)n(-c2ccc(=O)n(C3CCC(Nc4ncnc5ccccc45)CC3)n2)n1. The number of nitrogens with one attached hydrogen (secondary N) is 1. The van der Waals surface area contributed by atoms with Gasteiger partial charge in [-0.1, -0.05) is 12.1 Å². The van der Waals surface area contributed by atoms with Crippen molar-refractivity contribution in [2.45, 2.75) is 51.6 Å². The summed E-state index contributed by atoms with van der Waals surface area (Å²) in [6.45, 7) is 3.94. The van der Waals surface area contributed by atoms with Crippen molar-refractivity contribution < 1.29 is 0 Å². The van der Waals surface area contributed by atoms with Crippen LogP contribution in [0.15, 0.2) is 53.6 Å². The van der Waals surface area contributed by atoms with E-state index in [4.69, 9.17) is 0 Å². The Balaban J connectivity index is 1.32. The first-order valence-electron chi connectivity index (χ1n) is 10.7. The molecule has 0 unspecified atom stereocenters. The van der Waals surface area contributed by atoms with Crippen molar-refractivity contribution in [3.8, 4) is 5.82 Å². The quantitative estimate of drug-likeness (QED) is 0.548. The molecule has 0 amide bonds. The van der Waals surface area contributed by atoms with Gasteiger partial charge in [-0.2, -0.15) is 5.10 Å². The molecule has 3 aromatic heterocycles. The number of nitrogens with zero attached hydrogens (tertiary/aromatic N) is 6. The van der Waals surface area contributed by atoms with Crippen LogP contribution < -0.4 is 10.9 Å². The Labute approximate surface area is 180 Å². The van der Waals surface area contributed by atoms with E-state index in [1.54, 1.807) is 27.8 Å². The third kappa shape index (κ3) is 3.81. The zero-order chi connectivity index (χ0) is 21.4. The topological polar surface area (TPSA) is 90.5 Å². The fourth-order valence-electron chi connectivity index (χ4n) is 4.43. The molecule has 0 saturated heterocycles. The molecule has 0 spiro atoms. The summed E-state index contributed by atoms with van der Waals surface area (Å²) in [7, 11) is 0. The van der Waals surface area contributed by atoms with Gasteiger partial charge in [0.1, 0.15) is 12.1 Å². The number of anilines is 1. The Hall–Kier alpha value is -3.55. The third-order valence-electron chi connectivity index (χ3n) is 5.96. The van der Waals surface area contributed by atoms with Crippen LogP contribution in [0.25, 0.3) is 16.7 Å². The monoisotopic (exact) mass is 415 g/mol. The fourth-order valence-corrected chi connectivity index (χ4v) is 4.43. The molecule has 158 valence electrons. The number of aromatic nitrogens is 6. The van der Waals surface area contributed by atoms with Crippen LogP contribution in [0.3, 0.4) is 0 Å². The smallest absolute Gasteiger partial charge is 0.267 e. The lowest BCUT2D eigenvalue weighted by Gasteiger charge is -2.30. The van der Waals surface area contributed by atoms with E-state index in [9.17, 15) is 4.79 Å². The number of fused-ring (bicyclic) bond motifs is 1. The maximum absolute atomic E-state index is 12.5. The van der Waals surface area contributed by atoms with E-state index in [0.717, 1.165) is 53.8 Å². The Morgan fingerprint density at radius 1 is 0.968 bits per heavy atom. The molecule has 1 N–H and O–H groups in total. The molecule has 1 aromatic carbocycles. The summed E-state index contributed by atoms with van der Waals surface area (Å²) in [6, 6.07) is 13.8. The Kier molecular flexibility index (Phi) is 4.97. The van der Waals surface area contributed by atoms with E-state index < -0.39 is 0 Å². The summed E-state index contributed by atoms with van der Waals surface area (Å²) in [6.07, 6.45) is 5.26. The number of benzene rings is 1. The largest absolute Gasteiger partial charge is 0.367 e. The second kappa shape index (κ2) is 7.94. The normalized spacial score (nSPS) is 18.9. The van der Waals surface area contributed by atoms with Gasteiger partial charge in [0.2, 0.25) is 0 Å². The van der Waals surface area contributed by atoms with E-state index in [1.807, 2.05) is 44.2 Å². The van der Waals surface area contributed by atoms with Gasteiger partial charge in [0.25, 0.3) is 5.56 Å². The van der Waals surface area contributed by atoms with Crippen LogP contribution in [-0.2, 0) is 0 Å². The maximum atomic E-state index is 12.5. The second-order valence-electron chi connectivity index (χ2n) is 8.20. The lowest BCUT2D eigenvalue weighted by atomic mass is 9.91. The van der Waals surface area contributed by atoms with Gasteiger partial charge in [-0.15, -0.1) is 5.10 Å². The first kappa shape index (κ1) is 19.4. The van der Waals surface area contributed by atoms with Crippen LogP contribution in [0.2, 0.25) is 0 Å². The van der Waals surface area contributed by atoms with Gasteiger partial charge in [-0.25, -0.2) is 19.3 Å². The van der Waals surface area contributed by atoms with Crippen LogP contribution >= 0.6 is 0 Å². The van der Waals surface area contributed by atoms with Gasteiger partial charge < -0.3 is 5.32 Å². The first-order chi connectivity index (χ1) is 15.1. The number of hydrogen-bond donors (Lipinski definition) is 1. The van der Waals surface area contributed by atoms with E-state index in [-0.39, 0.29) is 11.6 Å². The maximum Gasteiger partial charge on any atom is 0.267 e. The number of hydrogen-bond acceptors (Lipinski definition) is 6. The van der Waals surface area contributed by atoms with E-state index in [2.05, 4.69) is 25.5 Å². The highest BCUT2D eigenvalue weighted by Crippen LogP contribution is 2.30. The van der Waals surface area contributed by atoms with Gasteiger partial charge in [0, 0.05) is 23.2 Å². The van der Waals surface area contributed by atoms with Crippen molar-refractivity contribution in [3.63, 3.8) is 0 Å². The van der Waals surface area contributed by atoms with Crippen molar-refractivity contribution in [1.29, 1.82) is 0 Å². The van der Waals surface area contributed by atoms with Crippen LogP contribution in [0, 0.1) is 13.8 Å². The minimum absolute atomic E-state index is 0.0662. The molecule has 8 heteroatoms. The van der Waals surface area contributed by atoms with Crippen LogP contribution in [0.5, 0.6) is 0 Å². The lowest BCUT2D eigenvalue weighted by Crippen LogP contribution is -2.33. The van der Waals surface area contributed by atoms with Gasteiger partial charge in [-0.05, 0) is 63.8 Å². The first-order valence-corrected chi connectivity index (χ1v) is 10.7. The Bertz CT molecular complexity index is 1280. The molecule has 8 nitrogen and oxygen atoms in total. The summed E-state index contributed by atoms with van der Waals surface area (Å²) >= 11 is 0. The second-order valence-corrected chi connectivity index (χ2v) is 8.20. The minimum Gasteiger partial charge on any atom is -0.367 e. The summed E-state index contributed by atoms with van der Waals surface area (Å²) in [4.78, 5) is 21.3. The van der Waals surface area contributed by atoms with Crippen LogP contribution in [-0.4, -0.2) is 35.6 Å². The molecule has 0 atom stereocenters. The highest BCUT2D eigenvalue weighted by Gasteiger charge is 2.25. The zero-order valence-corrected chi connectivity index (χ0v) is 17.7. The van der Waals surface area contributed by atoms with Gasteiger partial charge in [0.15, 0.2) is 5.82 Å². The lowest BCUT2D eigenvalue weighted by molar-refractivity contribution is 0.302. The van der Waals surface area contributed by atoms with Crippen LogP contribution in [0.4, 0.5) is 5.82 Å². The predicted molar refractivity (Wildman–Crippen MR) is 120 cm³/mol. The van der Waals surface area contributed by atoms with Crippen LogP contribution in [0.1, 0.15) is 43.1 Å². The molecule has 3 heterocycles. The highest BCUT2D eigenvalue weighted by molar-refractivity contribution is 5.88. The average Bonchev–Trinajstić information content (AvgIpc) is 3.13. The molecular weight excluding hydrogens is 390 g/mol. The molecule has 5 rings (SSSR count). The molecule has 1 aliphatic carbocycles. The van der Waals surface area contributed by atoms with Crippen molar-refractivity contribution in [2.75, 3.05) is 5.32 Å². The average molecular weight is 416 g/mol. The Morgan fingerprint density at radius 3 is 2.55 bits per heavy atom. The highest BCUT2D eigenvalue weighted by atomic mass is 16.1. The Morgan fingerprint density at radius 2 is 1.77 bits per heavy atom. The number of rotatable bonds is 4. The zero-order valence-electron chi connectivity index (χ0n) is 17.7. The van der Waals surface area contributed by atoms with E-state index >= 15 is 0 Å². The van der Waals surface area contributed by atoms with E-state index in [0.29, 0.717) is 11.9 Å². The van der Waals surface area contributed by atoms with Crippen molar-refractivity contribution >= 4 is 16.7 Å².